The average Bonchev–Trinajstić information content (AvgIpc) is 2.83. The number of hydrogen-bond donors (Lipinski definition) is 2. The smallest absolute Gasteiger partial charge is 0.274 e. The molecule has 0 fully saturated rings. The average molecular weight is 325 g/mol. The quantitative estimate of drug-likeness (QED) is 0.369. The zero-order valence-corrected chi connectivity index (χ0v) is 13.3. The molecule has 0 radical (unpaired) electrons. The minimum absolute atomic E-state index is 0. The van der Waals surface area contributed by atoms with E-state index in [0.29, 0.717) is 6.42 Å². The van der Waals surface area contributed by atoms with Gasteiger partial charge < -0.3 is 5.10 Å². The van der Waals surface area contributed by atoms with Crippen LogP contribution in [-0.2, 0) is 16.5 Å². The largest absolute Gasteiger partial charge is 0.305 e. The molecule has 0 saturated carbocycles. The van der Waals surface area contributed by atoms with Gasteiger partial charge in [-0.05, 0) is 6.42 Å². The monoisotopic (exact) mass is 324 g/mol. The molecule has 5 heteroatoms. The minimum Gasteiger partial charge on any atom is -0.305 e. The van der Waals surface area contributed by atoms with E-state index in [1.54, 1.807) is 0 Å². The number of aromatic amines is 2. The van der Waals surface area contributed by atoms with Crippen LogP contribution in [0.15, 0.2) is 11.0 Å². The van der Waals surface area contributed by atoms with Gasteiger partial charge in [0.1, 0.15) is 5.56 Å². The fourth-order valence-corrected chi connectivity index (χ4v) is 2.24. The summed E-state index contributed by atoms with van der Waals surface area (Å²) in [6, 6.07) is 0. The molecule has 1 aromatic heterocycles. The van der Waals surface area contributed by atoms with Crippen molar-refractivity contribution in [1.29, 1.82) is 0 Å². The Morgan fingerprint density at radius 3 is 2.05 bits per heavy atom. The van der Waals surface area contributed by atoms with Gasteiger partial charge in [-0.3, -0.25) is 14.7 Å². The van der Waals surface area contributed by atoms with Crippen molar-refractivity contribution >= 4 is 5.78 Å². The summed E-state index contributed by atoms with van der Waals surface area (Å²) in [5.41, 5.74) is -0.0412. The number of H-pyrrole nitrogens is 2. The minimum atomic E-state index is -0.305. The molecule has 2 N–H and O–H groups in total. The maximum absolute atomic E-state index is 11.7. The van der Waals surface area contributed by atoms with Gasteiger partial charge in [-0.1, -0.05) is 58.3 Å². The maximum Gasteiger partial charge on any atom is 0.274 e. The van der Waals surface area contributed by atoms with Crippen molar-refractivity contribution in [2.75, 3.05) is 0 Å². The molecule has 0 aliphatic heterocycles. The second kappa shape index (κ2) is 12.0. The van der Waals surface area contributed by atoms with Crippen LogP contribution in [0.1, 0.15) is 81.5 Å². The zero-order chi connectivity index (χ0) is 13.9. The van der Waals surface area contributed by atoms with Crippen LogP contribution in [0.3, 0.4) is 0 Å². The molecule has 1 aromatic rings. The number of ketones is 1. The first-order chi connectivity index (χ1) is 9.25. The van der Waals surface area contributed by atoms with Crippen LogP contribution in [0.5, 0.6) is 0 Å². The maximum atomic E-state index is 11.7. The number of Topliss-reactive ketones (excluding diaryl/α,β-unsaturated/α-hetero) is 1. The van der Waals surface area contributed by atoms with Crippen LogP contribution in [0.4, 0.5) is 0 Å². The molecule has 0 atom stereocenters. The summed E-state index contributed by atoms with van der Waals surface area (Å²) in [6.07, 6.45) is 13.0. The SMILES string of the molecule is CCCCCCCCCCCC(=O)c1c[nH][nH]c1=O.[Ni]. The van der Waals surface area contributed by atoms with Crippen molar-refractivity contribution in [1.82, 2.24) is 10.2 Å². The van der Waals surface area contributed by atoms with Gasteiger partial charge in [0.2, 0.25) is 0 Å². The first-order valence-corrected chi connectivity index (χ1v) is 7.55. The van der Waals surface area contributed by atoms with Crippen LogP contribution >= 0.6 is 0 Å². The molecular weight excluding hydrogens is 299 g/mol. The van der Waals surface area contributed by atoms with E-state index in [-0.39, 0.29) is 33.4 Å². The molecule has 0 spiro atoms. The van der Waals surface area contributed by atoms with E-state index in [1.807, 2.05) is 0 Å². The van der Waals surface area contributed by atoms with Gasteiger partial charge in [-0.2, -0.15) is 0 Å². The van der Waals surface area contributed by atoms with Crippen LogP contribution < -0.4 is 5.56 Å². The van der Waals surface area contributed by atoms with E-state index in [2.05, 4.69) is 17.1 Å². The first kappa shape index (κ1) is 19.2. The molecule has 1 rings (SSSR count). The van der Waals surface area contributed by atoms with E-state index in [4.69, 9.17) is 0 Å². The third kappa shape index (κ3) is 7.69. The normalized spacial score (nSPS) is 10.2. The molecule has 0 saturated heterocycles. The van der Waals surface area contributed by atoms with Gasteiger partial charge in [0.25, 0.3) is 5.56 Å². The molecule has 0 amide bonds. The number of unbranched alkanes of at least 4 members (excludes halogenated alkanes) is 8. The summed E-state index contributed by atoms with van der Waals surface area (Å²) in [7, 11) is 0. The topological polar surface area (TPSA) is 65.7 Å². The Bertz CT molecular complexity index is 412. The van der Waals surface area contributed by atoms with Crippen LogP contribution in [0.2, 0.25) is 0 Å². The van der Waals surface area contributed by atoms with Crippen molar-refractivity contribution in [3.05, 3.63) is 22.1 Å². The van der Waals surface area contributed by atoms with Crippen molar-refractivity contribution < 1.29 is 21.3 Å². The molecule has 1 heterocycles. The summed E-state index contributed by atoms with van der Waals surface area (Å²) < 4.78 is 0. The predicted molar refractivity (Wildman–Crippen MR) is 77.6 cm³/mol. The van der Waals surface area contributed by atoms with Crippen LogP contribution in [-0.4, -0.2) is 16.0 Å². The Kier molecular flexibility index (Phi) is 11.5. The van der Waals surface area contributed by atoms with E-state index in [0.717, 1.165) is 12.8 Å². The summed E-state index contributed by atoms with van der Waals surface area (Å²) in [6.45, 7) is 2.23. The Balaban J connectivity index is 0.00000361. The van der Waals surface area contributed by atoms with Crippen molar-refractivity contribution in [3.8, 4) is 0 Å². The molecule has 0 unspecified atom stereocenters. The third-order valence-electron chi connectivity index (χ3n) is 3.45. The molecule has 0 bridgehead atoms. The van der Waals surface area contributed by atoms with Gasteiger partial charge in [0.15, 0.2) is 5.78 Å². The Morgan fingerprint density at radius 1 is 1.00 bits per heavy atom. The molecule has 118 valence electrons. The summed E-state index contributed by atoms with van der Waals surface area (Å²) in [4.78, 5) is 22.9. The predicted octanol–water partition coefficient (Wildman–Crippen LogP) is 3.80. The third-order valence-corrected chi connectivity index (χ3v) is 3.45. The zero-order valence-electron chi connectivity index (χ0n) is 12.3. The summed E-state index contributed by atoms with van der Waals surface area (Å²) >= 11 is 0. The molecule has 0 aromatic carbocycles. The van der Waals surface area contributed by atoms with Gasteiger partial charge in [-0.25, -0.2) is 0 Å². The molecule has 20 heavy (non-hydrogen) atoms. The van der Waals surface area contributed by atoms with Crippen molar-refractivity contribution in [2.45, 2.75) is 71.1 Å². The molecule has 0 aliphatic carbocycles. The number of carbonyl (C=O) groups is 1. The van der Waals surface area contributed by atoms with Gasteiger partial charge in [0, 0.05) is 29.1 Å². The van der Waals surface area contributed by atoms with Gasteiger partial charge >= 0.3 is 0 Å². The number of carbonyl (C=O) groups excluding carboxylic acids is 1. The standard InChI is InChI=1S/C15H26N2O2.Ni/c1-2-3-4-5-6-7-8-9-10-11-14(18)13-12-16-17-15(13)19;/h12H,2-11H2,1H3,(H2,16,17,19);. The fraction of sp³-hybridized carbons (Fsp3) is 0.733. The number of hydrogen-bond acceptors (Lipinski definition) is 2. The van der Waals surface area contributed by atoms with Gasteiger partial charge in [0.05, 0.1) is 0 Å². The Hall–Kier alpha value is -0.826. The Morgan fingerprint density at radius 2 is 1.55 bits per heavy atom. The molecular formula is C15H26N2NiO2. The van der Waals surface area contributed by atoms with E-state index in [9.17, 15) is 9.59 Å². The van der Waals surface area contributed by atoms with Crippen molar-refractivity contribution in [2.24, 2.45) is 0 Å². The number of rotatable bonds is 11. The van der Waals surface area contributed by atoms with Crippen LogP contribution in [0.25, 0.3) is 0 Å². The van der Waals surface area contributed by atoms with Gasteiger partial charge in [-0.15, -0.1) is 0 Å². The number of aromatic nitrogens is 2. The molecule has 4 nitrogen and oxygen atoms in total. The number of nitrogens with one attached hydrogen (secondary N) is 2. The van der Waals surface area contributed by atoms with Crippen molar-refractivity contribution in [3.63, 3.8) is 0 Å². The molecule has 0 aliphatic rings. The van der Waals surface area contributed by atoms with E-state index in [1.165, 1.54) is 51.1 Å². The second-order valence-electron chi connectivity index (χ2n) is 5.16. The fourth-order valence-electron chi connectivity index (χ4n) is 2.24. The Labute approximate surface area is 131 Å². The van der Waals surface area contributed by atoms with E-state index >= 15 is 0 Å². The van der Waals surface area contributed by atoms with E-state index < -0.39 is 0 Å². The summed E-state index contributed by atoms with van der Waals surface area (Å²) in [5.74, 6) is -0.0505. The summed E-state index contributed by atoms with van der Waals surface area (Å²) in [5, 5.41) is 4.94. The second-order valence-corrected chi connectivity index (χ2v) is 5.16. The first-order valence-electron chi connectivity index (χ1n) is 7.55. The van der Waals surface area contributed by atoms with Crippen LogP contribution in [0, 0.1) is 0 Å².